The van der Waals surface area contributed by atoms with Crippen molar-refractivity contribution in [2.75, 3.05) is 13.1 Å². The first kappa shape index (κ1) is 14.8. The standard InChI is InChI=1S/C19H20FNO/c1-13-3-5-15(6-4-13)16-7-8-17(18(20)11-16)19(22)21-10-9-14(2)12-21/h3-8,11,14H,9-10,12H2,1-2H3. The highest BCUT2D eigenvalue weighted by atomic mass is 19.1. The van der Waals surface area contributed by atoms with Gasteiger partial charge in [-0.15, -0.1) is 0 Å². The minimum atomic E-state index is -0.442. The normalized spacial score (nSPS) is 17.8. The molecule has 1 aliphatic rings. The van der Waals surface area contributed by atoms with Crippen LogP contribution >= 0.6 is 0 Å². The Morgan fingerprint density at radius 2 is 1.82 bits per heavy atom. The van der Waals surface area contributed by atoms with Crippen molar-refractivity contribution in [2.24, 2.45) is 5.92 Å². The summed E-state index contributed by atoms with van der Waals surface area (Å²) in [4.78, 5) is 14.1. The second-order valence-corrected chi connectivity index (χ2v) is 6.21. The van der Waals surface area contributed by atoms with E-state index in [0.717, 1.165) is 30.6 Å². The summed E-state index contributed by atoms with van der Waals surface area (Å²) in [5, 5.41) is 0. The SMILES string of the molecule is Cc1ccc(-c2ccc(C(=O)N3CCC(C)C3)c(F)c2)cc1. The Morgan fingerprint density at radius 1 is 1.14 bits per heavy atom. The maximum absolute atomic E-state index is 14.4. The fourth-order valence-electron chi connectivity index (χ4n) is 2.90. The molecule has 2 aromatic carbocycles. The lowest BCUT2D eigenvalue weighted by Gasteiger charge is -2.16. The van der Waals surface area contributed by atoms with E-state index >= 15 is 0 Å². The molecule has 0 aromatic heterocycles. The van der Waals surface area contributed by atoms with Gasteiger partial charge in [0.2, 0.25) is 0 Å². The minimum Gasteiger partial charge on any atom is -0.338 e. The highest BCUT2D eigenvalue weighted by Gasteiger charge is 2.26. The van der Waals surface area contributed by atoms with Gasteiger partial charge in [-0.25, -0.2) is 4.39 Å². The Balaban J connectivity index is 1.86. The number of rotatable bonds is 2. The summed E-state index contributed by atoms with van der Waals surface area (Å²) in [6.07, 6.45) is 0.995. The molecule has 2 nitrogen and oxygen atoms in total. The van der Waals surface area contributed by atoms with Crippen LogP contribution in [0.5, 0.6) is 0 Å². The Labute approximate surface area is 130 Å². The predicted molar refractivity (Wildman–Crippen MR) is 86.3 cm³/mol. The Hall–Kier alpha value is -2.16. The van der Waals surface area contributed by atoms with Crippen LogP contribution in [-0.4, -0.2) is 23.9 Å². The van der Waals surface area contributed by atoms with Crippen molar-refractivity contribution in [3.63, 3.8) is 0 Å². The van der Waals surface area contributed by atoms with Crippen molar-refractivity contribution in [1.29, 1.82) is 0 Å². The van der Waals surface area contributed by atoms with E-state index < -0.39 is 5.82 Å². The number of hydrogen-bond donors (Lipinski definition) is 0. The van der Waals surface area contributed by atoms with Crippen molar-refractivity contribution in [3.05, 3.63) is 59.4 Å². The van der Waals surface area contributed by atoms with Crippen molar-refractivity contribution in [3.8, 4) is 11.1 Å². The molecule has 0 bridgehead atoms. The van der Waals surface area contributed by atoms with Crippen LogP contribution < -0.4 is 0 Å². The molecule has 0 N–H and O–H groups in total. The van der Waals surface area contributed by atoms with Crippen LogP contribution in [-0.2, 0) is 0 Å². The van der Waals surface area contributed by atoms with Gasteiger partial charge in [-0.05, 0) is 42.5 Å². The number of nitrogens with zero attached hydrogens (tertiary/aromatic N) is 1. The molecule has 0 saturated carbocycles. The van der Waals surface area contributed by atoms with E-state index in [4.69, 9.17) is 0 Å². The van der Waals surface area contributed by atoms with Crippen LogP contribution in [0.4, 0.5) is 4.39 Å². The molecular formula is C19H20FNO. The average molecular weight is 297 g/mol. The van der Waals surface area contributed by atoms with E-state index in [9.17, 15) is 9.18 Å². The molecule has 1 fully saturated rings. The van der Waals surface area contributed by atoms with Crippen LogP contribution in [0.3, 0.4) is 0 Å². The molecule has 1 unspecified atom stereocenters. The maximum atomic E-state index is 14.4. The Kier molecular flexibility index (Phi) is 3.97. The largest absolute Gasteiger partial charge is 0.338 e. The molecule has 114 valence electrons. The molecule has 22 heavy (non-hydrogen) atoms. The summed E-state index contributed by atoms with van der Waals surface area (Å²) < 4.78 is 14.4. The van der Waals surface area contributed by atoms with E-state index in [1.807, 2.05) is 37.3 Å². The van der Waals surface area contributed by atoms with Gasteiger partial charge in [0, 0.05) is 13.1 Å². The lowest BCUT2D eigenvalue weighted by molar-refractivity contribution is 0.0783. The second kappa shape index (κ2) is 5.91. The highest BCUT2D eigenvalue weighted by molar-refractivity contribution is 5.95. The summed E-state index contributed by atoms with van der Waals surface area (Å²) in [5.41, 5.74) is 3.09. The third-order valence-corrected chi connectivity index (χ3v) is 4.30. The van der Waals surface area contributed by atoms with Crippen LogP contribution in [0.15, 0.2) is 42.5 Å². The molecule has 3 heteroatoms. The zero-order valence-corrected chi connectivity index (χ0v) is 13.0. The van der Waals surface area contributed by atoms with Crippen LogP contribution in [0, 0.1) is 18.7 Å². The molecule has 0 spiro atoms. The Bertz CT molecular complexity index is 693. The van der Waals surface area contributed by atoms with Crippen LogP contribution in [0.25, 0.3) is 11.1 Å². The van der Waals surface area contributed by atoms with Gasteiger partial charge in [0.1, 0.15) is 5.82 Å². The second-order valence-electron chi connectivity index (χ2n) is 6.21. The van der Waals surface area contributed by atoms with E-state index in [-0.39, 0.29) is 11.5 Å². The fraction of sp³-hybridized carbons (Fsp3) is 0.316. The molecule has 0 aliphatic carbocycles. The number of hydrogen-bond acceptors (Lipinski definition) is 1. The monoisotopic (exact) mass is 297 g/mol. The summed E-state index contributed by atoms with van der Waals surface area (Å²) in [6, 6.07) is 12.8. The summed E-state index contributed by atoms with van der Waals surface area (Å²) >= 11 is 0. The number of amides is 1. The smallest absolute Gasteiger partial charge is 0.256 e. The number of carbonyl (C=O) groups is 1. The van der Waals surface area contributed by atoms with Crippen molar-refractivity contribution >= 4 is 5.91 Å². The maximum Gasteiger partial charge on any atom is 0.256 e. The first-order valence-corrected chi connectivity index (χ1v) is 7.70. The molecule has 1 atom stereocenters. The molecule has 2 aromatic rings. The number of carbonyl (C=O) groups excluding carboxylic acids is 1. The van der Waals surface area contributed by atoms with Crippen LogP contribution in [0.2, 0.25) is 0 Å². The number of halogens is 1. The summed E-state index contributed by atoms with van der Waals surface area (Å²) in [5.74, 6) is -0.140. The molecule has 1 aliphatic heterocycles. The molecule has 0 radical (unpaired) electrons. The van der Waals surface area contributed by atoms with Gasteiger partial charge < -0.3 is 4.90 Å². The fourth-order valence-corrected chi connectivity index (χ4v) is 2.90. The number of aryl methyl sites for hydroxylation is 1. The molecule has 1 saturated heterocycles. The zero-order valence-electron chi connectivity index (χ0n) is 13.0. The third kappa shape index (κ3) is 2.89. The van der Waals surface area contributed by atoms with Crippen molar-refractivity contribution < 1.29 is 9.18 Å². The van der Waals surface area contributed by atoms with Crippen LogP contribution in [0.1, 0.15) is 29.3 Å². The van der Waals surface area contributed by atoms with Gasteiger partial charge in [0.15, 0.2) is 0 Å². The lowest BCUT2D eigenvalue weighted by Crippen LogP contribution is -2.29. The predicted octanol–water partition coefficient (Wildman–Crippen LogP) is 4.28. The van der Waals surface area contributed by atoms with E-state index in [2.05, 4.69) is 6.92 Å². The topological polar surface area (TPSA) is 20.3 Å². The van der Waals surface area contributed by atoms with Gasteiger partial charge in [-0.2, -0.15) is 0 Å². The molecule has 1 amide bonds. The van der Waals surface area contributed by atoms with E-state index in [0.29, 0.717) is 5.92 Å². The van der Waals surface area contributed by atoms with Gasteiger partial charge in [0.25, 0.3) is 5.91 Å². The minimum absolute atomic E-state index is 0.171. The van der Waals surface area contributed by atoms with Gasteiger partial charge in [-0.3, -0.25) is 4.79 Å². The van der Waals surface area contributed by atoms with Gasteiger partial charge in [0.05, 0.1) is 5.56 Å². The van der Waals surface area contributed by atoms with Crippen molar-refractivity contribution in [2.45, 2.75) is 20.3 Å². The quantitative estimate of drug-likeness (QED) is 0.810. The first-order valence-electron chi connectivity index (χ1n) is 7.70. The van der Waals surface area contributed by atoms with E-state index in [1.54, 1.807) is 11.0 Å². The summed E-state index contributed by atoms with van der Waals surface area (Å²) in [7, 11) is 0. The highest BCUT2D eigenvalue weighted by Crippen LogP contribution is 2.24. The Morgan fingerprint density at radius 3 is 2.41 bits per heavy atom. The number of benzene rings is 2. The van der Waals surface area contributed by atoms with E-state index in [1.165, 1.54) is 11.6 Å². The first-order chi connectivity index (χ1) is 10.5. The van der Waals surface area contributed by atoms with Gasteiger partial charge in [-0.1, -0.05) is 42.8 Å². The van der Waals surface area contributed by atoms with Crippen molar-refractivity contribution in [1.82, 2.24) is 4.90 Å². The average Bonchev–Trinajstić information content (AvgIpc) is 2.94. The lowest BCUT2D eigenvalue weighted by atomic mass is 10.0. The summed E-state index contributed by atoms with van der Waals surface area (Å²) in [6.45, 7) is 5.57. The van der Waals surface area contributed by atoms with Gasteiger partial charge >= 0.3 is 0 Å². The number of likely N-dealkylation sites (tertiary alicyclic amines) is 1. The zero-order chi connectivity index (χ0) is 15.7. The third-order valence-electron chi connectivity index (χ3n) is 4.30. The molecular weight excluding hydrogens is 277 g/mol. The molecule has 3 rings (SSSR count). The molecule has 1 heterocycles.